The number of carbonyl (C=O) groups is 1. The van der Waals surface area contributed by atoms with Crippen LogP contribution in [0.25, 0.3) is 27.8 Å². The lowest BCUT2D eigenvalue weighted by molar-refractivity contribution is -0.139. The summed E-state index contributed by atoms with van der Waals surface area (Å²) in [7, 11) is 1.60. The van der Waals surface area contributed by atoms with Crippen LogP contribution in [0.4, 0.5) is 0 Å². The van der Waals surface area contributed by atoms with E-state index in [-0.39, 0.29) is 12.2 Å². The molecule has 8 heteroatoms. The summed E-state index contributed by atoms with van der Waals surface area (Å²) in [5.41, 5.74) is 4.42. The Kier molecular flexibility index (Phi) is 7.16. The van der Waals surface area contributed by atoms with Crippen molar-refractivity contribution in [2.45, 2.75) is 33.4 Å². The van der Waals surface area contributed by atoms with Gasteiger partial charge in [0.25, 0.3) is 5.56 Å². The number of allylic oxidation sites excluding steroid dienone is 2. The number of esters is 1. The van der Waals surface area contributed by atoms with Gasteiger partial charge in [0.2, 0.25) is 0 Å². The van der Waals surface area contributed by atoms with Crippen LogP contribution in [0.15, 0.2) is 94.4 Å². The van der Waals surface area contributed by atoms with Gasteiger partial charge in [0.1, 0.15) is 11.8 Å². The molecular weight excluding hydrogens is 546 g/mol. The number of methoxy groups -OCH3 is 1. The summed E-state index contributed by atoms with van der Waals surface area (Å²) in [6.07, 6.45) is 3.82. The number of carbonyl (C=O) groups excluding carboxylic acids is 1. The predicted octanol–water partition coefficient (Wildman–Crippen LogP) is 5.41. The molecule has 2 aromatic heterocycles. The molecule has 1 aliphatic rings. The third-order valence-corrected chi connectivity index (χ3v) is 8.79. The van der Waals surface area contributed by atoms with Gasteiger partial charge < -0.3 is 14.0 Å². The Bertz CT molecular complexity index is 2110. The van der Waals surface area contributed by atoms with Crippen molar-refractivity contribution in [3.05, 3.63) is 121 Å². The molecule has 3 aromatic carbocycles. The van der Waals surface area contributed by atoms with E-state index in [1.165, 1.54) is 11.3 Å². The Hall–Kier alpha value is -4.69. The minimum atomic E-state index is -0.785. The molecule has 0 saturated carbocycles. The van der Waals surface area contributed by atoms with Gasteiger partial charge in [0.15, 0.2) is 4.80 Å². The van der Waals surface area contributed by atoms with Gasteiger partial charge in [-0.3, -0.25) is 9.36 Å². The molecule has 1 aliphatic heterocycles. The standard InChI is InChI=1S/C34H31N3O4S/c1-6-18-36-21(4)25(24-14-10-11-15-26(24)36)19-28-32(38)37-31(29(33(39)41-7-2)20(3)35-34(37)42-28)30-23-13-9-8-12-22(23)16-17-27(30)40-5/h6,8-17,19,31H,1,7,18H2,2-5H3/b28-19+/t31-/m1/s1. The van der Waals surface area contributed by atoms with Crippen molar-refractivity contribution >= 4 is 45.1 Å². The largest absolute Gasteiger partial charge is 0.496 e. The Morgan fingerprint density at radius 2 is 1.81 bits per heavy atom. The number of fused-ring (bicyclic) bond motifs is 3. The normalized spacial score (nSPS) is 15.1. The highest BCUT2D eigenvalue weighted by molar-refractivity contribution is 7.07. The Morgan fingerprint density at radius 3 is 2.55 bits per heavy atom. The maximum absolute atomic E-state index is 14.4. The Labute approximate surface area is 247 Å². The van der Waals surface area contributed by atoms with Crippen molar-refractivity contribution in [3.8, 4) is 5.75 Å². The van der Waals surface area contributed by atoms with Crippen LogP contribution in [-0.2, 0) is 16.1 Å². The molecule has 0 aliphatic carbocycles. The van der Waals surface area contributed by atoms with Crippen molar-refractivity contribution in [3.63, 3.8) is 0 Å². The zero-order chi connectivity index (χ0) is 29.5. The number of benzene rings is 3. The van der Waals surface area contributed by atoms with E-state index in [9.17, 15) is 9.59 Å². The van der Waals surface area contributed by atoms with Crippen molar-refractivity contribution in [1.29, 1.82) is 0 Å². The van der Waals surface area contributed by atoms with Crippen molar-refractivity contribution in [2.24, 2.45) is 4.99 Å². The first kappa shape index (κ1) is 27.5. The average Bonchev–Trinajstić information content (AvgIpc) is 3.44. The van der Waals surface area contributed by atoms with Gasteiger partial charge in [0.05, 0.1) is 29.5 Å². The summed E-state index contributed by atoms with van der Waals surface area (Å²) in [5.74, 6) is 0.0736. The first-order valence-corrected chi connectivity index (χ1v) is 14.6. The molecule has 0 unspecified atom stereocenters. The second-order valence-corrected chi connectivity index (χ2v) is 11.1. The summed E-state index contributed by atoms with van der Waals surface area (Å²) in [6, 6.07) is 19.1. The number of rotatable bonds is 7. The minimum absolute atomic E-state index is 0.202. The lowest BCUT2D eigenvalue weighted by Gasteiger charge is -2.27. The molecular formula is C34H31N3O4S. The Morgan fingerprint density at radius 1 is 1.07 bits per heavy atom. The van der Waals surface area contributed by atoms with Gasteiger partial charge in [-0.2, -0.15) is 0 Å². The summed E-state index contributed by atoms with van der Waals surface area (Å²) in [4.78, 5) is 33.2. The molecule has 0 spiro atoms. The average molecular weight is 578 g/mol. The van der Waals surface area contributed by atoms with E-state index < -0.39 is 12.0 Å². The highest BCUT2D eigenvalue weighted by Gasteiger charge is 2.36. The summed E-state index contributed by atoms with van der Waals surface area (Å²) in [6.45, 7) is 10.4. The first-order chi connectivity index (χ1) is 20.4. The molecule has 1 atom stereocenters. The zero-order valence-electron chi connectivity index (χ0n) is 24.0. The van der Waals surface area contributed by atoms with Crippen molar-refractivity contribution in [2.75, 3.05) is 13.7 Å². The van der Waals surface area contributed by atoms with E-state index in [4.69, 9.17) is 14.5 Å². The number of hydrogen-bond donors (Lipinski definition) is 0. The highest BCUT2D eigenvalue weighted by Crippen LogP contribution is 2.40. The third-order valence-electron chi connectivity index (χ3n) is 7.81. The summed E-state index contributed by atoms with van der Waals surface area (Å²) >= 11 is 1.32. The van der Waals surface area contributed by atoms with Crippen LogP contribution in [-0.4, -0.2) is 28.8 Å². The van der Waals surface area contributed by atoms with Gasteiger partial charge in [-0.05, 0) is 49.8 Å². The lowest BCUT2D eigenvalue weighted by Crippen LogP contribution is -2.40. The third kappa shape index (κ3) is 4.30. The zero-order valence-corrected chi connectivity index (χ0v) is 24.8. The fourth-order valence-corrected chi connectivity index (χ4v) is 6.96. The summed E-state index contributed by atoms with van der Waals surface area (Å²) in [5, 5.41) is 2.91. The second kappa shape index (κ2) is 10.9. The van der Waals surface area contributed by atoms with Crippen molar-refractivity contribution < 1.29 is 14.3 Å². The number of hydrogen-bond acceptors (Lipinski definition) is 6. The van der Waals surface area contributed by atoms with Crippen LogP contribution in [0, 0.1) is 6.92 Å². The predicted molar refractivity (Wildman–Crippen MR) is 168 cm³/mol. The molecule has 0 bridgehead atoms. The molecule has 0 fully saturated rings. The first-order valence-electron chi connectivity index (χ1n) is 13.8. The van der Waals surface area contributed by atoms with E-state index in [1.54, 1.807) is 25.5 Å². The highest BCUT2D eigenvalue weighted by atomic mass is 32.1. The number of para-hydroxylation sites is 1. The van der Waals surface area contributed by atoms with E-state index in [0.717, 1.165) is 38.5 Å². The van der Waals surface area contributed by atoms with Crippen molar-refractivity contribution in [1.82, 2.24) is 9.13 Å². The molecule has 0 radical (unpaired) electrons. The minimum Gasteiger partial charge on any atom is -0.496 e. The van der Waals surface area contributed by atoms with E-state index in [2.05, 4.69) is 30.2 Å². The van der Waals surface area contributed by atoms with Gasteiger partial charge in [0, 0.05) is 34.3 Å². The number of nitrogens with zero attached hydrogens (tertiary/aromatic N) is 3. The summed E-state index contributed by atoms with van der Waals surface area (Å²) < 4.78 is 15.7. The maximum Gasteiger partial charge on any atom is 0.338 e. The maximum atomic E-state index is 14.4. The fourth-order valence-electron chi connectivity index (χ4n) is 5.94. The van der Waals surface area contributed by atoms with E-state index in [0.29, 0.717) is 32.9 Å². The second-order valence-electron chi connectivity index (χ2n) is 10.1. The molecule has 0 N–H and O–H groups in total. The molecule has 212 valence electrons. The van der Waals surface area contributed by atoms with Crippen LogP contribution in [0.3, 0.4) is 0 Å². The lowest BCUT2D eigenvalue weighted by atomic mass is 9.90. The van der Waals surface area contributed by atoms with Gasteiger partial charge in [-0.1, -0.05) is 65.9 Å². The number of aromatic nitrogens is 2. The Balaban J connectivity index is 1.68. The molecule has 6 rings (SSSR count). The quantitative estimate of drug-likeness (QED) is 0.192. The molecule has 7 nitrogen and oxygen atoms in total. The number of ether oxygens (including phenoxy) is 2. The van der Waals surface area contributed by atoms with Gasteiger partial charge in [-0.25, -0.2) is 9.79 Å². The SMILES string of the molecule is C=CCn1c(C)c(/C=c2/sc3n(c2=O)[C@@H](c2c(OC)ccc4ccccc24)C(C(=O)OCC)=C(C)N=3)c2ccccc21. The van der Waals surface area contributed by atoms with Crippen LogP contribution in [0.2, 0.25) is 0 Å². The molecule has 42 heavy (non-hydrogen) atoms. The fraction of sp³-hybridized carbons (Fsp3) is 0.206. The van der Waals surface area contributed by atoms with Crippen LogP contribution in [0.1, 0.15) is 36.7 Å². The molecule has 5 aromatic rings. The van der Waals surface area contributed by atoms with Crippen LogP contribution >= 0.6 is 11.3 Å². The van der Waals surface area contributed by atoms with Gasteiger partial charge >= 0.3 is 5.97 Å². The topological polar surface area (TPSA) is 74.8 Å². The molecule has 0 amide bonds. The van der Waals surface area contributed by atoms with Crippen LogP contribution in [0.5, 0.6) is 5.75 Å². The smallest absolute Gasteiger partial charge is 0.338 e. The van der Waals surface area contributed by atoms with E-state index >= 15 is 0 Å². The van der Waals surface area contributed by atoms with E-state index in [1.807, 2.05) is 60.7 Å². The number of thiazole rings is 1. The monoisotopic (exact) mass is 577 g/mol. The van der Waals surface area contributed by atoms with Crippen LogP contribution < -0.4 is 19.6 Å². The van der Waals surface area contributed by atoms with Gasteiger partial charge in [-0.15, -0.1) is 6.58 Å². The molecule has 0 saturated heterocycles. The molecule has 3 heterocycles.